The van der Waals surface area contributed by atoms with E-state index in [1.807, 2.05) is 26.0 Å². The van der Waals surface area contributed by atoms with Crippen LogP contribution in [0.15, 0.2) is 12.2 Å². The van der Waals surface area contributed by atoms with Crippen molar-refractivity contribution >= 4 is 17.7 Å². The standard InChI is InChI=1S/C24H41N3O4/c1-5-11-16(3)26-23(30)21-18-13-12-17(6-2)19(22(29)25-4)20(18)24(31)27(21)14-9-7-8-10-15-28/h12-13,16-21,28H,5-11,14-15H2,1-4H3,(H,25,29)(H,26,30)/t16?,17-,18+,19-,20-,21+/m1/s1. The predicted molar refractivity (Wildman–Crippen MR) is 121 cm³/mol. The fraction of sp³-hybridized carbons (Fsp3) is 0.792. The van der Waals surface area contributed by atoms with Crippen molar-refractivity contribution in [2.24, 2.45) is 23.7 Å². The van der Waals surface area contributed by atoms with E-state index in [2.05, 4.69) is 17.6 Å². The number of hydrogen-bond donors (Lipinski definition) is 3. The van der Waals surface area contributed by atoms with E-state index < -0.39 is 17.9 Å². The molecule has 0 spiro atoms. The van der Waals surface area contributed by atoms with Gasteiger partial charge in [-0.05, 0) is 38.5 Å². The maximum Gasteiger partial charge on any atom is 0.243 e. The summed E-state index contributed by atoms with van der Waals surface area (Å²) in [4.78, 5) is 41.4. The monoisotopic (exact) mass is 435 g/mol. The first-order chi connectivity index (χ1) is 14.9. The lowest BCUT2D eigenvalue weighted by atomic mass is 9.69. The molecule has 3 N–H and O–H groups in total. The van der Waals surface area contributed by atoms with Crippen molar-refractivity contribution in [1.29, 1.82) is 0 Å². The average Bonchev–Trinajstić information content (AvgIpc) is 3.04. The second-order valence-corrected chi connectivity index (χ2v) is 9.01. The summed E-state index contributed by atoms with van der Waals surface area (Å²) >= 11 is 0. The summed E-state index contributed by atoms with van der Waals surface area (Å²) in [5.41, 5.74) is 0. The zero-order valence-electron chi connectivity index (χ0n) is 19.6. The third-order valence-electron chi connectivity index (χ3n) is 6.82. The Kier molecular flexibility index (Phi) is 10.0. The molecule has 0 aromatic heterocycles. The molecule has 1 aliphatic carbocycles. The third kappa shape index (κ3) is 5.88. The van der Waals surface area contributed by atoms with Gasteiger partial charge in [0.25, 0.3) is 0 Å². The molecule has 176 valence electrons. The lowest BCUT2D eigenvalue weighted by molar-refractivity contribution is -0.141. The van der Waals surface area contributed by atoms with Gasteiger partial charge >= 0.3 is 0 Å². The van der Waals surface area contributed by atoms with Crippen molar-refractivity contribution in [3.8, 4) is 0 Å². The van der Waals surface area contributed by atoms with Gasteiger partial charge in [0.1, 0.15) is 6.04 Å². The van der Waals surface area contributed by atoms with E-state index in [1.54, 1.807) is 11.9 Å². The van der Waals surface area contributed by atoms with Crippen LogP contribution in [-0.2, 0) is 14.4 Å². The number of carbonyl (C=O) groups excluding carboxylic acids is 3. The Morgan fingerprint density at radius 3 is 2.45 bits per heavy atom. The average molecular weight is 436 g/mol. The van der Waals surface area contributed by atoms with E-state index in [-0.39, 0.29) is 42.2 Å². The summed E-state index contributed by atoms with van der Waals surface area (Å²) in [7, 11) is 1.61. The van der Waals surface area contributed by atoms with Gasteiger partial charge in [0, 0.05) is 32.2 Å². The van der Waals surface area contributed by atoms with E-state index in [1.165, 1.54) is 0 Å². The van der Waals surface area contributed by atoms with Crippen molar-refractivity contribution in [2.75, 3.05) is 20.2 Å². The number of nitrogens with one attached hydrogen (secondary N) is 2. The summed E-state index contributed by atoms with van der Waals surface area (Å²) in [6.45, 7) is 6.78. The largest absolute Gasteiger partial charge is 0.396 e. The van der Waals surface area contributed by atoms with Crippen LogP contribution < -0.4 is 10.6 Å². The van der Waals surface area contributed by atoms with Crippen molar-refractivity contribution in [3.05, 3.63) is 12.2 Å². The summed E-state index contributed by atoms with van der Waals surface area (Å²) in [6, 6.07) is -0.528. The molecule has 31 heavy (non-hydrogen) atoms. The minimum absolute atomic E-state index is 0.00243. The summed E-state index contributed by atoms with van der Waals surface area (Å²) in [5, 5.41) is 14.8. The normalized spacial score (nSPS) is 28.4. The smallest absolute Gasteiger partial charge is 0.243 e. The summed E-state index contributed by atoms with van der Waals surface area (Å²) in [6.07, 6.45) is 10.0. The zero-order valence-corrected chi connectivity index (χ0v) is 19.6. The minimum atomic E-state index is -0.573. The number of carbonyl (C=O) groups is 3. The molecule has 6 atom stereocenters. The van der Waals surface area contributed by atoms with E-state index in [4.69, 9.17) is 5.11 Å². The highest BCUT2D eigenvalue weighted by atomic mass is 16.3. The zero-order chi connectivity index (χ0) is 23.0. The van der Waals surface area contributed by atoms with Crippen LogP contribution in [0.4, 0.5) is 0 Å². The number of rotatable bonds is 12. The van der Waals surface area contributed by atoms with Crippen LogP contribution in [0.1, 0.15) is 65.7 Å². The van der Waals surface area contributed by atoms with Gasteiger partial charge in [-0.2, -0.15) is 0 Å². The highest BCUT2D eigenvalue weighted by Gasteiger charge is 2.56. The molecular weight excluding hydrogens is 394 g/mol. The Morgan fingerprint density at radius 1 is 1.13 bits per heavy atom. The predicted octanol–water partition coefficient (Wildman–Crippen LogP) is 2.25. The number of nitrogens with zero attached hydrogens (tertiary/aromatic N) is 1. The van der Waals surface area contributed by atoms with Crippen LogP contribution >= 0.6 is 0 Å². The second kappa shape index (κ2) is 12.2. The molecule has 7 nitrogen and oxygen atoms in total. The van der Waals surface area contributed by atoms with Gasteiger partial charge in [0.05, 0.1) is 11.8 Å². The Hall–Kier alpha value is -1.89. The third-order valence-corrected chi connectivity index (χ3v) is 6.82. The van der Waals surface area contributed by atoms with Crippen LogP contribution in [0.25, 0.3) is 0 Å². The van der Waals surface area contributed by atoms with Crippen LogP contribution in [0.5, 0.6) is 0 Å². The number of unbranched alkanes of at least 4 members (excludes halogenated alkanes) is 3. The van der Waals surface area contributed by atoms with Crippen molar-refractivity contribution in [1.82, 2.24) is 15.5 Å². The number of hydrogen-bond acceptors (Lipinski definition) is 4. The first kappa shape index (κ1) is 25.4. The number of aliphatic hydroxyl groups is 1. The first-order valence-electron chi connectivity index (χ1n) is 12.0. The Labute approximate surface area is 187 Å². The van der Waals surface area contributed by atoms with Crippen LogP contribution in [0, 0.1) is 23.7 Å². The Balaban J connectivity index is 2.29. The molecule has 1 fully saturated rings. The Morgan fingerprint density at radius 2 is 1.84 bits per heavy atom. The van der Waals surface area contributed by atoms with Gasteiger partial charge in [0.2, 0.25) is 17.7 Å². The molecule has 1 unspecified atom stereocenters. The molecule has 0 saturated carbocycles. The maximum absolute atomic E-state index is 13.6. The quantitative estimate of drug-likeness (QED) is 0.323. The fourth-order valence-electron chi connectivity index (χ4n) is 5.23. The molecule has 2 aliphatic rings. The van der Waals surface area contributed by atoms with E-state index in [9.17, 15) is 14.4 Å². The van der Waals surface area contributed by atoms with E-state index >= 15 is 0 Å². The van der Waals surface area contributed by atoms with Gasteiger partial charge in [0.15, 0.2) is 0 Å². The summed E-state index contributed by atoms with van der Waals surface area (Å²) < 4.78 is 0. The maximum atomic E-state index is 13.6. The van der Waals surface area contributed by atoms with Gasteiger partial charge < -0.3 is 20.6 Å². The lowest BCUT2D eigenvalue weighted by Crippen LogP contribution is -2.49. The van der Waals surface area contributed by atoms with Gasteiger partial charge in [-0.1, -0.05) is 45.3 Å². The minimum Gasteiger partial charge on any atom is -0.396 e. The molecule has 0 bridgehead atoms. The molecule has 0 aromatic rings. The lowest BCUT2D eigenvalue weighted by Gasteiger charge is -2.34. The molecule has 1 heterocycles. The molecule has 0 aromatic carbocycles. The van der Waals surface area contributed by atoms with Gasteiger partial charge in [-0.15, -0.1) is 0 Å². The first-order valence-corrected chi connectivity index (χ1v) is 12.0. The van der Waals surface area contributed by atoms with Crippen LogP contribution in [0.2, 0.25) is 0 Å². The molecular formula is C24H41N3O4. The molecule has 7 heteroatoms. The number of likely N-dealkylation sites (tertiary alicyclic amines) is 1. The van der Waals surface area contributed by atoms with Crippen molar-refractivity contribution in [3.63, 3.8) is 0 Å². The summed E-state index contributed by atoms with van der Waals surface area (Å²) in [5.74, 6) is -1.55. The van der Waals surface area contributed by atoms with Gasteiger partial charge in [-0.3, -0.25) is 14.4 Å². The van der Waals surface area contributed by atoms with Gasteiger partial charge in [-0.25, -0.2) is 0 Å². The number of fused-ring (bicyclic) bond motifs is 1. The molecule has 3 amide bonds. The van der Waals surface area contributed by atoms with Crippen LogP contribution in [0.3, 0.4) is 0 Å². The highest BCUT2D eigenvalue weighted by molar-refractivity contribution is 5.96. The van der Waals surface area contributed by atoms with E-state index in [0.29, 0.717) is 6.54 Å². The Bertz CT molecular complexity index is 651. The number of allylic oxidation sites excluding steroid dienone is 1. The number of amides is 3. The molecule has 1 aliphatic heterocycles. The molecule has 2 rings (SSSR count). The SMILES string of the molecule is CCCC(C)NC(=O)[C@@H]1[C@H]2C=C[C@@H](CC)[C@@H](C(=O)NC)[C@@H]2C(=O)N1CCCCCCO. The molecule has 1 saturated heterocycles. The fourth-order valence-corrected chi connectivity index (χ4v) is 5.23. The highest BCUT2D eigenvalue weighted by Crippen LogP contribution is 2.45. The topological polar surface area (TPSA) is 98.7 Å². The molecule has 0 radical (unpaired) electrons. The second-order valence-electron chi connectivity index (χ2n) is 9.01. The number of aliphatic hydroxyl groups excluding tert-OH is 1. The van der Waals surface area contributed by atoms with Crippen molar-refractivity contribution < 1.29 is 19.5 Å². The van der Waals surface area contributed by atoms with E-state index in [0.717, 1.165) is 44.9 Å². The van der Waals surface area contributed by atoms with Crippen molar-refractivity contribution in [2.45, 2.75) is 77.8 Å². The van der Waals surface area contributed by atoms with Crippen LogP contribution in [-0.4, -0.2) is 60.0 Å².